The minimum Gasteiger partial charge on any atom is -0.356 e. The summed E-state index contributed by atoms with van der Waals surface area (Å²) in [5.41, 5.74) is 7.92. The maximum atomic E-state index is 13.4. The standard InChI is InChI=1S/C36H35N7O2/c1-24-18-19-37-25(21-24)15-17-30-27-16-14-26(22-33(27)43(41-30)35-13-7-8-20-45-35)39-29-10-4-3-9-28(29)36(44)38-23-34-40-31-11-5-6-12-32(31)42(34)2/h3-6,9-12,14-19,21-22,35,39H,7-8,13,20,23H2,1-2H3,(H,38,44)/b17-15+. The number of para-hydroxylation sites is 3. The highest BCUT2D eigenvalue weighted by Gasteiger charge is 2.21. The summed E-state index contributed by atoms with van der Waals surface area (Å²) in [5, 5.41) is 12.6. The molecule has 0 bridgehead atoms. The lowest BCUT2D eigenvalue weighted by molar-refractivity contribution is -0.0367. The van der Waals surface area contributed by atoms with E-state index in [-0.39, 0.29) is 12.1 Å². The Bertz CT molecular complexity index is 2030. The van der Waals surface area contributed by atoms with Gasteiger partial charge in [0, 0.05) is 30.9 Å². The molecule has 1 atom stereocenters. The zero-order chi connectivity index (χ0) is 30.8. The molecule has 9 nitrogen and oxygen atoms in total. The van der Waals surface area contributed by atoms with Crippen LogP contribution in [0.25, 0.3) is 34.1 Å². The highest BCUT2D eigenvalue weighted by atomic mass is 16.5. The van der Waals surface area contributed by atoms with Crippen LogP contribution in [0.1, 0.15) is 58.6 Å². The quantitative estimate of drug-likeness (QED) is 0.193. The molecule has 3 aromatic heterocycles. The van der Waals surface area contributed by atoms with Crippen molar-refractivity contribution in [3.63, 3.8) is 0 Å². The number of nitrogens with zero attached hydrogens (tertiary/aromatic N) is 5. The Labute approximate surface area is 261 Å². The van der Waals surface area contributed by atoms with Crippen molar-refractivity contribution in [2.75, 3.05) is 11.9 Å². The minimum absolute atomic E-state index is 0.128. The predicted molar refractivity (Wildman–Crippen MR) is 178 cm³/mol. The van der Waals surface area contributed by atoms with E-state index in [0.29, 0.717) is 17.8 Å². The van der Waals surface area contributed by atoms with E-state index in [0.717, 1.165) is 76.3 Å². The topological polar surface area (TPSA) is 98.9 Å². The van der Waals surface area contributed by atoms with Crippen LogP contribution in [0.4, 0.5) is 11.4 Å². The third-order valence-electron chi connectivity index (χ3n) is 8.25. The normalized spacial score (nSPS) is 15.2. The SMILES string of the molecule is Cc1ccnc(/C=C/c2nn(C3CCCCO3)c3cc(Nc4ccccc4C(=O)NCc4nc5ccccc5n4C)ccc23)c1. The number of pyridine rings is 1. The summed E-state index contributed by atoms with van der Waals surface area (Å²) in [6.07, 6.45) is 8.76. The Morgan fingerprint density at radius 3 is 2.71 bits per heavy atom. The molecule has 1 saturated heterocycles. The fourth-order valence-electron chi connectivity index (χ4n) is 5.87. The summed E-state index contributed by atoms with van der Waals surface area (Å²) in [6.45, 7) is 3.10. The molecule has 0 radical (unpaired) electrons. The zero-order valence-electron chi connectivity index (χ0n) is 25.4. The first kappa shape index (κ1) is 28.5. The van der Waals surface area contributed by atoms with Crippen LogP contribution in [-0.2, 0) is 18.3 Å². The lowest BCUT2D eigenvalue weighted by Crippen LogP contribution is -2.25. The number of fused-ring (bicyclic) bond motifs is 2. The molecule has 1 amide bonds. The Balaban J connectivity index is 1.16. The Morgan fingerprint density at radius 2 is 1.87 bits per heavy atom. The second kappa shape index (κ2) is 12.4. The molecule has 4 heterocycles. The number of hydrogen-bond donors (Lipinski definition) is 2. The largest absolute Gasteiger partial charge is 0.356 e. The predicted octanol–water partition coefficient (Wildman–Crippen LogP) is 7.17. The number of benzene rings is 3. The van der Waals surface area contributed by atoms with Gasteiger partial charge in [0.2, 0.25) is 0 Å². The fraction of sp³-hybridized carbons (Fsp3) is 0.222. The van der Waals surface area contributed by atoms with Crippen LogP contribution < -0.4 is 10.6 Å². The van der Waals surface area contributed by atoms with E-state index in [1.54, 1.807) is 0 Å². The van der Waals surface area contributed by atoms with Crippen molar-refractivity contribution < 1.29 is 9.53 Å². The number of hydrogen-bond acceptors (Lipinski definition) is 6. The molecule has 3 aromatic carbocycles. The molecule has 0 aliphatic carbocycles. The first-order valence-corrected chi connectivity index (χ1v) is 15.3. The molecule has 45 heavy (non-hydrogen) atoms. The van der Waals surface area contributed by atoms with Crippen molar-refractivity contribution in [1.29, 1.82) is 0 Å². The summed E-state index contributed by atoms with van der Waals surface area (Å²) in [5.74, 6) is 0.616. The number of nitrogens with one attached hydrogen (secondary N) is 2. The monoisotopic (exact) mass is 597 g/mol. The smallest absolute Gasteiger partial charge is 0.253 e. The van der Waals surface area contributed by atoms with Gasteiger partial charge in [0.15, 0.2) is 6.23 Å². The molecule has 1 aliphatic heterocycles. The number of aromatic nitrogens is 5. The van der Waals surface area contributed by atoms with Gasteiger partial charge in [0.1, 0.15) is 5.82 Å². The van der Waals surface area contributed by atoms with Gasteiger partial charge in [0.25, 0.3) is 5.91 Å². The number of imidazole rings is 1. The van der Waals surface area contributed by atoms with Gasteiger partial charge < -0.3 is 19.9 Å². The first-order valence-electron chi connectivity index (χ1n) is 15.3. The first-order chi connectivity index (χ1) is 22.0. The van der Waals surface area contributed by atoms with Gasteiger partial charge in [-0.25, -0.2) is 9.67 Å². The molecule has 9 heteroatoms. The molecule has 0 saturated carbocycles. The Kier molecular flexibility index (Phi) is 7.83. The summed E-state index contributed by atoms with van der Waals surface area (Å²) < 4.78 is 10.2. The number of amides is 1. The third kappa shape index (κ3) is 5.94. The fourth-order valence-corrected chi connectivity index (χ4v) is 5.87. The van der Waals surface area contributed by atoms with E-state index in [2.05, 4.69) is 39.7 Å². The Morgan fingerprint density at radius 1 is 1.00 bits per heavy atom. The van der Waals surface area contributed by atoms with Gasteiger partial charge in [0.05, 0.1) is 45.7 Å². The van der Waals surface area contributed by atoms with E-state index in [4.69, 9.17) is 9.84 Å². The van der Waals surface area contributed by atoms with E-state index >= 15 is 0 Å². The number of anilines is 2. The van der Waals surface area contributed by atoms with Crippen molar-refractivity contribution in [3.05, 3.63) is 113 Å². The number of carbonyl (C=O) groups excluding carboxylic acids is 1. The van der Waals surface area contributed by atoms with Gasteiger partial charge >= 0.3 is 0 Å². The van der Waals surface area contributed by atoms with Gasteiger partial charge in [-0.2, -0.15) is 5.10 Å². The average Bonchev–Trinajstić information content (AvgIpc) is 3.60. The molecule has 226 valence electrons. The highest BCUT2D eigenvalue weighted by Crippen LogP contribution is 2.32. The van der Waals surface area contributed by atoms with Crippen LogP contribution >= 0.6 is 0 Å². The molecular weight excluding hydrogens is 562 g/mol. The highest BCUT2D eigenvalue weighted by molar-refractivity contribution is 6.00. The van der Waals surface area contributed by atoms with Crippen LogP contribution in [0.5, 0.6) is 0 Å². The Hall–Kier alpha value is -5.28. The minimum atomic E-state index is -0.177. The zero-order valence-corrected chi connectivity index (χ0v) is 25.4. The van der Waals surface area contributed by atoms with Gasteiger partial charge in [-0.05, 0) is 98.5 Å². The molecular formula is C36H35N7O2. The van der Waals surface area contributed by atoms with Gasteiger partial charge in [-0.15, -0.1) is 0 Å². The van der Waals surface area contributed by atoms with E-state index in [9.17, 15) is 4.79 Å². The maximum absolute atomic E-state index is 13.4. The van der Waals surface area contributed by atoms with E-state index < -0.39 is 0 Å². The summed E-state index contributed by atoms with van der Waals surface area (Å²) in [4.78, 5) is 22.6. The van der Waals surface area contributed by atoms with Crippen molar-refractivity contribution in [1.82, 2.24) is 29.6 Å². The van der Waals surface area contributed by atoms with Crippen molar-refractivity contribution >= 4 is 51.4 Å². The molecule has 1 fully saturated rings. The molecule has 1 aliphatic rings. The molecule has 7 rings (SSSR count). The maximum Gasteiger partial charge on any atom is 0.253 e. The van der Waals surface area contributed by atoms with Crippen molar-refractivity contribution in [3.8, 4) is 0 Å². The number of aryl methyl sites for hydroxylation is 2. The molecule has 1 unspecified atom stereocenters. The van der Waals surface area contributed by atoms with Crippen LogP contribution in [0.15, 0.2) is 85.1 Å². The van der Waals surface area contributed by atoms with Crippen molar-refractivity contribution in [2.24, 2.45) is 7.05 Å². The number of ether oxygens (including phenoxy) is 1. The molecule has 6 aromatic rings. The summed E-state index contributed by atoms with van der Waals surface area (Å²) in [7, 11) is 1.96. The van der Waals surface area contributed by atoms with Crippen molar-refractivity contribution in [2.45, 2.75) is 39.0 Å². The van der Waals surface area contributed by atoms with E-state index in [1.165, 1.54) is 0 Å². The lowest BCUT2D eigenvalue weighted by Gasteiger charge is -2.23. The molecule has 0 spiro atoms. The molecule has 2 N–H and O–H groups in total. The van der Waals surface area contributed by atoms with Crippen LogP contribution in [0.2, 0.25) is 0 Å². The third-order valence-corrected chi connectivity index (χ3v) is 8.25. The van der Waals surface area contributed by atoms with Gasteiger partial charge in [-0.1, -0.05) is 24.3 Å². The summed E-state index contributed by atoms with van der Waals surface area (Å²) in [6, 6.07) is 25.7. The van der Waals surface area contributed by atoms with E-state index in [1.807, 2.05) is 101 Å². The van der Waals surface area contributed by atoms with Crippen LogP contribution in [0, 0.1) is 6.92 Å². The second-order valence-corrected chi connectivity index (χ2v) is 11.4. The number of carbonyl (C=O) groups is 1. The van der Waals surface area contributed by atoms with Gasteiger partial charge in [-0.3, -0.25) is 9.78 Å². The average molecular weight is 598 g/mol. The summed E-state index contributed by atoms with van der Waals surface area (Å²) >= 11 is 0. The number of rotatable bonds is 8. The lowest BCUT2D eigenvalue weighted by atomic mass is 10.1. The van der Waals surface area contributed by atoms with Crippen LogP contribution in [-0.4, -0.2) is 36.8 Å². The second-order valence-electron chi connectivity index (χ2n) is 11.4. The van der Waals surface area contributed by atoms with Crippen LogP contribution in [0.3, 0.4) is 0 Å².